The van der Waals surface area contributed by atoms with Gasteiger partial charge < -0.3 is 19.6 Å². The third kappa shape index (κ3) is 4.67. The van der Waals surface area contributed by atoms with E-state index in [1.54, 1.807) is 4.90 Å². The number of hydrogen-bond donors (Lipinski definition) is 1. The summed E-state index contributed by atoms with van der Waals surface area (Å²) < 4.78 is 4.94. The molecule has 1 atom stereocenters. The number of methoxy groups -OCH3 is 1. The van der Waals surface area contributed by atoms with Gasteiger partial charge in [0, 0.05) is 26.7 Å². The SMILES string of the molecule is COCCN(CC(=O)O)C(=O)N1CCC(C(C)(C)C)C1. The average Bonchev–Trinajstić information content (AvgIpc) is 2.82. The Kier molecular flexibility index (Phi) is 5.80. The Hall–Kier alpha value is -1.30. The topological polar surface area (TPSA) is 70.1 Å². The van der Waals surface area contributed by atoms with Gasteiger partial charge in [-0.3, -0.25) is 4.79 Å². The summed E-state index contributed by atoms with van der Waals surface area (Å²) in [5, 5.41) is 8.90. The molecule has 1 N–H and O–H groups in total. The fraction of sp³-hybridized carbons (Fsp3) is 0.857. The van der Waals surface area contributed by atoms with E-state index in [9.17, 15) is 9.59 Å². The highest BCUT2D eigenvalue weighted by atomic mass is 16.5. The Bertz CT molecular complexity index is 352. The molecule has 0 aromatic heterocycles. The summed E-state index contributed by atoms with van der Waals surface area (Å²) in [6, 6.07) is -0.198. The monoisotopic (exact) mass is 286 g/mol. The van der Waals surface area contributed by atoms with Gasteiger partial charge in [0.1, 0.15) is 6.54 Å². The summed E-state index contributed by atoms with van der Waals surface area (Å²) in [4.78, 5) is 26.4. The van der Waals surface area contributed by atoms with Gasteiger partial charge in [0.2, 0.25) is 0 Å². The number of nitrogens with zero attached hydrogens (tertiary/aromatic N) is 2. The quantitative estimate of drug-likeness (QED) is 0.831. The fourth-order valence-electron chi connectivity index (χ4n) is 2.45. The number of hydrogen-bond acceptors (Lipinski definition) is 3. The lowest BCUT2D eigenvalue weighted by Crippen LogP contribution is -2.46. The van der Waals surface area contributed by atoms with E-state index in [4.69, 9.17) is 9.84 Å². The number of carbonyl (C=O) groups is 2. The van der Waals surface area contributed by atoms with Crippen molar-refractivity contribution in [2.24, 2.45) is 11.3 Å². The second-order valence-electron chi connectivity index (χ2n) is 6.39. The highest BCUT2D eigenvalue weighted by molar-refractivity contribution is 5.80. The van der Waals surface area contributed by atoms with Crippen molar-refractivity contribution in [3.8, 4) is 0 Å². The number of urea groups is 1. The molecule has 0 aromatic rings. The second kappa shape index (κ2) is 6.92. The lowest BCUT2D eigenvalue weighted by molar-refractivity contribution is -0.137. The number of carboxylic acids is 1. The fourth-order valence-corrected chi connectivity index (χ4v) is 2.45. The van der Waals surface area contributed by atoms with E-state index in [0.717, 1.165) is 6.42 Å². The van der Waals surface area contributed by atoms with Crippen LogP contribution in [0.5, 0.6) is 0 Å². The highest BCUT2D eigenvalue weighted by Gasteiger charge is 2.35. The predicted molar refractivity (Wildman–Crippen MR) is 75.6 cm³/mol. The molecule has 6 nitrogen and oxygen atoms in total. The third-order valence-corrected chi connectivity index (χ3v) is 3.85. The van der Waals surface area contributed by atoms with E-state index in [1.165, 1.54) is 12.0 Å². The molecule has 0 saturated carbocycles. The van der Waals surface area contributed by atoms with Crippen LogP contribution in [0.4, 0.5) is 4.79 Å². The molecule has 6 heteroatoms. The standard InChI is InChI=1S/C14H26N2O4/c1-14(2,3)11-5-6-15(9-11)13(19)16(7-8-20-4)10-12(17)18/h11H,5-10H2,1-4H3,(H,17,18). The van der Waals surface area contributed by atoms with Crippen molar-refractivity contribution in [2.75, 3.05) is 39.9 Å². The van der Waals surface area contributed by atoms with Crippen molar-refractivity contribution in [1.82, 2.24) is 9.80 Å². The van der Waals surface area contributed by atoms with Gasteiger partial charge in [-0.2, -0.15) is 0 Å². The van der Waals surface area contributed by atoms with Crippen LogP contribution in [-0.4, -0.2) is 66.8 Å². The van der Waals surface area contributed by atoms with Gasteiger partial charge in [-0.05, 0) is 17.8 Å². The Morgan fingerprint density at radius 1 is 1.40 bits per heavy atom. The van der Waals surface area contributed by atoms with Crippen LogP contribution in [0.1, 0.15) is 27.2 Å². The second-order valence-corrected chi connectivity index (χ2v) is 6.39. The molecule has 1 saturated heterocycles. The number of carbonyl (C=O) groups excluding carboxylic acids is 1. The molecule has 1 rings (SSSR count). The zero-order valence-electron chi connectivity index (χ0n) is 12.9. The normalized spacial score (nSPS) is 19.2. The molecular formula is C14H26N2O4. The summed E-state index contributed by atoms with van der Waals surface area (Å²) in [6.07, 6.45) is 0.973. The van der Waals surface area contributed by atoms with E-state index in [1.807, 2.05) is 0 Å². The highest BCUT2D eigenvalue weighted by Crippen LogP contribution is 2.33. The van der Waals surface area contributed by atoms with Crippen molar-refractivity contribution < 1.29 is 19.4 Å². The smallest absolute Gasteiger partial charge is 0.323 e. The maximum atomic E-state index is 12.4. The minimum atomic E-state index is -0.999. The maximum Gasteiger partial charge on any atom is 0.323 e. The molecule has 20 heavy (non-hydrogen) atoms. The number of carboxylic acid groups (broad SMARTS) is 1. The van der Waals surface area contributed by atoms with Crippen LogP contribution in [0.15, 0.2) is 0 Å². The van der Waals surface area contributed by atoms with Gasteiger partial charge in [0.15, 0.2) is 0 Å². The van der Waals surface area contributed by atoms with Gasteiger partial charge >= 0.3 is 12.0 Å². The molecule has 116 valence electrons. The molecule has 0 aliphatic carbocycles. The zero-order chi connectivity index (χ0) is 15.3. The van der Waals surface area contributed by atoms with Crippen molar-refractivity contribution in [3.63, 3.8) is 0 Å². The minimum absolute atomic E-state index is 0.166. The van der Waals surface area contributed by atoms with Gasteiger partial charge in [-0.1, -0.05) is 20.8 Å². The van der Waals surface area contributed by atoms with Crippen LogP contribution < -0.4 is 0 Å². The summed E-state index contributed by atoms with van der Waals surface area (Å²) in [5.74, 6) is -0.540. The van der Waals surface area contributed by atoms with Gasteiger partial charge in [0.25, 0.3) is 0 Å². The van der Waals surface area contributed by atoms with Crippen LogP contribution in [0.2, 0.25) is 0 Å². The van der Waals surface area contributed by atoms with Crippen molar-refractivity contribution in [3.05, 3.63) is 0 Å². The van der Waals surface area contributed by atoms with Crippen molar-refractivity contribution >= 4 is 12.0 Å². The van der Waals surface area contributed by atoms with Crippen LogP contribution in [0, 0.1) is 11.3 Å². The summed E-state index contributed by atoms with van der Waals surface area (Å²) in [6.45, 7) is 8.28. The molecule has 1 aliphatic heterocycles. The lowest BCUT2D eigenvalue weighted by atomic mass is 9.80. The molecule has 1 aliphatic rings. The first-order chi connectivity index (χ1) is 9.25. The molecule has 0 radical (unpaired) electrons. The predicted octanol–water partition coefficient (Wildman–Crippen LogP) is 1.51. The van der Waals surface area contributed by atoms with Gasteiger partial charge in [0.05, 0.1) is 6.61 Å². The van der Waals surface area contributed by atoms with Gasteiger partial charge in [-0.25, -0.2) is 4.79 Å². The Morgan fingerprint density at radius 2 is 2.05 bits per heavy atom. The molecule has 0 aromatic carbocycles. The molecule has 0 bridgehead atoms. The van der Waals surface area contributed by atoms with Crippen LogP contribution >= 0.6 is 0 Å². The van der Waals surface area contributed by atoms with E-state index < -0.39 is 5.97 Å². The number of likely N-dealkylation sites (tertiary alicyclic amines) is 1. The van der Waals surface area contributed by atoms with E-state index >= 15 is 0 Å². The minimum Gasteiger partial charge on any atom is -0.480 e. The average molecular weight is 286 g/mol. The number of ether oxygens (including phenoxy) is 1. The molecule has 1 heterocycles. The molecular weight excluding hydrogens is 260 g/mol. The number of aliphatic carboxylic acids is 1. The Balaban J connectivity index is 2.63. The first-order valence-electron chi connectivity index (χ1n) is 7.00. The van der Waals surface area contributed by atoms with E-state index in [2.05, 4.69) is 20.8 Å². The van der Waals surface area contributed by atoms with Crippen LogP contribution in [-0.2, 0) is 9.53 Å². The number of rotatable bonds is 5. The summed E-state index contributed by atoms with van der Waals surface area (Å²) in [5.41, 5.74) is 0.166. The Labute approximate surface area is 120 Å². The van der Waals surface area contributed by atoms with Crippen molar-refractivity contribution in [1.29, 1.82) is 0 Å². The maximum absolute atomic E-state index is 12.4. The van der Waals surface area contributed by atoms with E-state index in [-0.39, 0.29) is 18.0 Å². The zero-order valence-corrected chi connectivity index (χ0v) is 12.9. The molecule has 0 spiro atoms. The Morgan fingerprint density at radius 3 is 2.50 bits per heavy atom. The molecule has 2 amide bonds. The van der Waals surface area contributed by atoms with Crippen LogP contribution in [0.25, 0.3) is 0 Å². The van der Waals surface area contributed by atoms with Crippen LogP contribution in [0.3, 0.4) is 0 Å². The third-order valence-electron chi connectivity index (χ3n) is 3.85. The summed E-state index contributed by atoms with van der Waals surface area (Å²) >= 11 is 0. The first kappa shape index (κ1) is 16.8. The number of amides is 2. The van der Waals surface area contributed by atoms with Gasteiger partial charge in [-0.15, -0.1) is 0 Å². The lowest BCUT2D eigenvalue weighted by Gasteiger charge is -2.29. The molecule has 1 fully saturated rings. The summed E-state index contributed by atoms with van der Waals surface area (Å²) in [7, 11) is 1.54. The van der Waals surface area contributed by atoms with Crippen molar-refractivity contribution in [2.45, 2.75) is 27.2 Å². The van der Waals surface area contributed by atoms with E-state index in [0.29, 0.717) is 32.2 Å². The largest absolute Gasteiger partial charge is 0.480 e. The first-order valence-corrected chi connectivity index (χ1v) is 7.00. The molecule has 1 unspecified atom stereocenters.